The second-order valence-electron chi connectivity index (χ2n) is 13.7. The summed E-state index contributed by atoms with van der Waals surface area (Å²) < 4.78 is 27.3. The molecule has 14 heteroatoms. The Kier molecular flexibility index (Phi) is 12.6. The number of nitrogens with one attached hydrogen (secondary N) is 2. The molecule has 0 radical (unpaired) electrons. The topological polar surface area (TPSA) is 172 Å². The number of methoxy groups -OCH3 is 3. The predicted molar refractivity (Wildman–Crippen MR) is 190 cm³/mol. The van der Waals surface area contributed by atoms with Gasteiger partial charge in [0.25, 0.3) is 0 Å². The number of alkyl carbamates (subject to hydrolysis) is 1. The van der Waals surface area contributed by atoms with E-state index in [0.717, 1.165) is 51.4 Å². The SMILES string of the molecule is CCCCC/C=C\C1C[C@]1(NC(=O)[C@@H]1C[C@@H](Oc2cc(C(=O)OC)nc3cc(OC)ccc23)CN1C(=O)[C@H](C)NC(=O)OC1CCCC1)C(=O)OC. The lowest BCUT2D eigenvalue weighted by atomic mass is 10.1. The molecule has 1 aromatic heterocycles. The lowest BCUT2D eigenvalue weighted by Gasteiger charge is -2.28. The first-order valence-electron chi connectivity index (χ1n) is 18.1. The van der Waals surface area contributed by atoms with Crippen LogP contribution in [0.1, 0.15) is 88.5 Å². The van der Waals surface area contributed by atoms with E-state index in [2.05, 4.69) is 22.5 Å². The summed E-state index contributed by atoms with van der Waals surface area (Å²) in [6.07, 6.45) is 10.3. The fourth-order valence-electron chi connectivity index (χ4n) is 7.05. The summed E-state index contributed by atoms with van der Waals surface area (Å²) in [5.74, 6) is -1.76. The number of esters is 2. The van der Waals surface area contributed by atoms with E-state index in [1.807, 2.05) is 12.2 Å². The minimum atomic E-state index is -1.26. The summed E-state index contributed by atoms with van der Waals surface area (Å²) in [4.78, 5) is 72.2. The van der Waals surface area contributed by atoms with E-state index in [4.69, 9.17) is 23.7 Å². The molecule has 5 atom stereocenters. The van der Waals surface area contributed by atoms with Crippen LogP contribution in [0, 0.1) is 5.92 Å². The minimum absolute atomic E-state index is 0.000355. The number of aromatic nitrogens is 1. The maximum atomic E-state index is 14.1. The number of benzene rings is 1. The number of carbonyl (C=O) groups is 5. The van der Waals surface area contributed by atoms with Gasteiger partial charge in [-0.3, -0.25) is 9.59 Å². The molecule has 2 aromatic rings. The molecule has 52 heavy (non-hydrogen) atoms. The van der Waals surface area contributed by atoms with Crippen molar-refractivity contribution >= 4 is 40.7 Å². The van der Waals surface area contributed by atoms with E-state index in [9.17, 15) is 24.0 Å². The summed E-state index contributed by atoms with van der Waals surface area (Å²) in [7, 11) is 4.04. The van der Waals surface area contributed by atoms with Gasteiger partial charge < -0.3 is 39.2 Å². The third-order valence-corrected chi connectivity index (χ3v) is 10.0. The van der Waals surface area contributed by atoms with Crippen molar-refractivity contribution < 1.29 is 47.7 Å². The van der Waals surface area contributed by atoms with Crippen LogP contribution in [0.2, 0.25) is 0 Å². The Morgan fingerprint density at radius 2 is 1.81 bits per heavy atom. The third kappa shape index (κ3) is 8.76. The highest BCUT2D eigenvalue weighted by Gasteiger charge is 2.62. The Morgan fingerprint density at radius 3 is 2.50 bits per heavy atom. The van der Waals surface area contributed by atoms with Crippen molar-refractivity contribution in [3.05, 3.63) is 42.1 Å². The molecule has 0 bridgehead atoms. The summed E-state index contributed by atoms with van der Waals surface area (Å²) >= 11 is 0. The first-order valence-corrected chi connectivity index (χ1v) is 18.1. The van der Waals surface area contributed by atoms with Gasteiger partial charge in [-0.15, -0.1) is 0 Å². The van der Waals surface area contributed by atoms with Crippen LogP contribution in [0.5, 0.6) is 11.5 Å². The van der Waals surface area contributed by atoms with E-state index in [-0.39, 0.29) is 30.7 Å². The Bertz CT molecular complexity index is 1670. The second kappa shape index (κ2) is 17.1. The third-order valence-electron chi connectivity index (χ3n) is 10.0. The molecule has 1 unspecified atom stereocenters. The van der Waals surface area contributed by atoms with Crippen molar-refractivity contribution in [1.82, 2.24) is 20.5 Å². The Labute approximate surface area is 303 Å². The second-order valence-corrected chi connectivity index (χ2v) is 13.7. The molecule has 14 nitrogen and oxygen atoms in total. The number of nitrogens with zero attached hydrogens (tertiary/aromatic N) is 2. The zero-order valence-corrected chi connectivity index (χ0v) is 30.6. The number of allylic oxidation sites excluding steroid dienone is 1. The molecule has 282 valence electrons. The largest absolute Gasteiger partial charge is 0.497 e. The normalized spacial score (nSPS) is 23.2. The number of pyridine rings is 1. The minimum Gasteiger partial charge on any atom is -0.497 e. The number of ether oxygens (including phenoxy) is 5. The molecule has 1 saturated heterocycles. The number of hydrogen-bond donors (Lipinski definition) is 2. The van der Waals surface area contributed by atoms with Crippen molar-refractivity contribution in [1.29, 1.82) is 0 Å². The first-order chi connectivity index (χ1) is 25.0. The van der Waals surface area contributed by atoms with Crippen molar-refractivity contribution in [2.24, 2.45) is 5.92 Å². The number of fused-ring (bicyclic) bond motifs is 1. The fraction of sp³-hybridized carbons (Fsp3) is 0.579. The average molecular weight is 723 g/mol. The van der Waals surface area contributed by atoms with Gasteiger partial charge >= 0.3 is 18.0 Å². The van der Waals surface area contributed by atoms with Gasteiger partial charge in [0.1, 0.15) is 41.3 Å². The van der Waals surface area contributed by atoms with Crippen LogP contribution >= 0.6 is 0 Å². The maximum absolute atomic E-state index is 14.1. The smallest absolute Gasteiger partial charge is 0.408 e. The van der Waals surface area contributed by atoms with Crippen LogP contribution in [-0.2, 0) is 28.6 Å². The monoisotopic (exact) mass is 722 g/mol. The molecule has 2 heterocycles. The summed E-state index contributed by atoms with van der Waals surface area (Å²) in [5, 5.41) is 6.11. The van der Waals surface area contributed by atoms with E-state index >= 15 is 0 Å². The molecule has 0 spiro atoms. The van der Waals surface area contributed by atoms with E-state index in [0.29, 0.717) is 28.8 Å². The number of carbonyl (C=O) groups excluding carboxylic acids is 5. The number of unbranched alkanes of at least 4 members (excludes halogenated alkanes) is 3. The molecule has 5 rings (SSSR count). The first kappa shape index (κ1) is 38.4. The lowest BCUT2D eigenvalue weighted by molar-refractivity contribution is -0.148. The lowest BCUT2D eigenvalue weighted by Crippen LogP contribution is -2.56. The van der Waals surface area contributed by atoms with Crippen molar-refractivity contribution in [3.63, 3.8) is 0 Å². The van der Waals surface area contributed by atoms with Crippen LogP contribution in [0.3, 0.4) is 0 Å². The van der Waals surface area contributed by atoms with Gasteiger partial charge in [-0.05, 0) is 64.0 Å². The highest BCUT2D eigenvalue weighted by atomic mass is 16.6. The molecule has 1 aromatic carbocycles. The summed E-state index contributed by atoms with van der Waals surface area (Å²) in [6.45, 7) is 3.63. The van der Waals surface area contributed by atoms with Crippen molar-refractivity contribution in [2.45, 2.75) is 108 Å². The molecule has 3 fully saturated rings. The van der Waals surface area contributed by atoms with Crippen LogP contribution in [0.25, 0.3) is 10.9 Å². The fourth-order valence-corrected chi connectivity index (χ4v) is 7.05. The number of hydrogen-bond acceptors (Lipinski definition) is 11. The van der Waals surface area contributed by atoms with E-state index in [1.54, 1.807) is 18.2 Å². The zero-order valence-electron chi connectivity index (χ0n) is 30.6. The van der Waals surface area contributed by atoms with E-state index in [1.165, 1.54) is 39.2 Å². The molecule has 3 amide bonds. The van der Waals surface area contributed by atoms with E-state index < -0.39 is 53.6 Å². The molecule has 3 aliphatic rings. The van der Waals surface area contributed by atoms with Gasteiger partial charge in [0.15, 0.2) is 5.69 Å². The van der Waals surface area contributed by atoms with Gasteiger partial charge in [-0.2, -0.15) is 0 Å². The molecule has 1 aliphatic heterocycles. The predicted octanol–water partition coefficient (Wildman–Crippen LogP) is 4.62. The quantitative estimate of drug-likeness (QED) is 0.114. The summed E-state index contributed by atoms with van der Waals surface area (Å²) in [6, 6.07) is 4.49. The van der Waals surface area contributed by atoms with Gasteiger partial charge in [0.05, 0.1) is 33.4 Å². The van der Waals surface area contributed by atoms with Gasteiger partial charge in [-0.25, -0.2) is 19.4 Å². The van der Waals surface area contributed by atoms with Gasteiger partial charge in [-0.1, -0.05) is 31.9 Å². The molecular weight excluding hydrogens is 672 g/mol. The Hall–Kier alpha value is -4.88. The summed E-state index contributed by atoms with van der Waals surface area (Å²) in [5.41, 5.74) is -0.843. The zero-order chi connectivity index (χ0) is 37.4. The Balaban J connectivity index is 1.39. The number of likely N-dealkylation sites (tertiary alicyclic amines) is 1. The van der Waals surface area contributed by atoms with Gasteiger partial charge in [0, 0.05) is 29.9 Å². The number of rotatable bonds is 15. The molecule has 2 N–H and O–H groups in total. The number of amides is 3. The highest BCUT2D eigenvalue weighted by molar-refractivity contribution is 5.97. The highest BCUT2D eigenvalue weighted by Crippen LogP contribution is 2.46. The standard InChI is InChI=1S/C38H50N4O10/c1-6-7-8-9-10-13-24-21-38(24,36(46)50-5)41-33(43)31-19-27(22-42(31)34(44)23(2)39-37(47)52-25-14-11-12-15-25)51-32-20-30(35(45)49-4)40-29-18-26(48-3)16-17-28(29)32/h10,13,16-18,20,23-25,27,31H,6-9,11-12,14-15,19,21-22H2,1-5H3,(H,39,47)(H,41,43)/b13-10-/t23-,24?,27+,31-,38+/m0/s1. The maximum Gasteiger partial charge on any atom is 0.408 e. The van der Waals surface area contributed by atoms with Crippen LogP contribution in [0.4, 0.5) is 4.79 Å². The average Bonchev–Trinajstić information content (AvgIpc) is 3.42. The van der Waals surface area contributed by atoms with Crippen molar-refractivity contribution in [2.75, 3.05) is 27.9 Å². The van der Waals surface area contributed by atoms with Crippen LogP contribution in [-0.4, -0.2) is 97.4 Å². The molecule has 2 aliphatic carbocycles. The molecule has 2 saturated carbocycles. The van der Waals surface area contributed by atoms with Crippen LogP contribution < -0.4 is 20.1 Å². The molecular formula is C38H50N4O10. The van der Waals surface area contributed by atoms with Crippen molar-refractivity contribution in [3.8, 4) is 11.5 Å². The van der Waals surface area contributed by atoms with Crippen LogP contribution in [0.15, 0.2) is 36.4 Å². The van der Waals surface area contributed by atoms with Gasteiger partial charge in [0.2, 0.25) is 11.8 Å². The Morgan fingerprint density at radius 1 is 1.04 bits per heavy atom.